The smallest absolute Gasteiger partial charge is 0.0426 e. The van der Waals surface area contributed by atoms with E-state index in [1.807, 2.05) is 0 Å². The van der Waals surface area contributed by atoms with Gasteiger partial charge in [0.1, 0.15) is 0 Å². The van der Waals surface area contributed by atoms with Crippen LogP contribution in [0.4, 0.5) is 0 Å². The summed E-state index contributed by atoms with van der Waals surface area (Å²) in [5.41, 5.74) is 8.92. The van der Waals surface area contributed by atoms with Crippen LogP contribution >= 0.6 is 0 Å². The van der Waals surface area contributed by atoms with Crippen LogP contribution < -0.4 is 5.73 Å². The highest BCUT2D eigenvalue weighted by atomic mass is 15.2. The van der Waals surface area contributed by atoms with Crippen molar-refractivity contribution in [3.8, 4) is 0 Å². The minimum absolute atomic E-state index is 0.109. The van der Waals surface area contributed by atoms with Crippen molar-refractivity contribution in [2.45, 2.75) is 31.8 Å². The Morgan fingerprint density at radius 3 is 2.79 bits per heavy atom. The fraction of sp³-hybridized carbons (Fsp3) is 0.625. The van der Waals surface area contributed by atoms with Crippen LogP contribution in [0.25, 0.3) is 0 Å². The van der Waals surface area contributed by atoms with Gasteiger partial charge in [-0.15, -0.1) is 0 Å². The lowest BCUT2D eigenvalue weighted by molar-refractivity contribution is 0.213. The highest BCUT2D eigenvalue weighted by Crippen LogP contribution is 2.18. The lowest BCUT2D eigenvalue weighted by Gasteiger charge is -2.28. The second-order valence-electron chi connectivity index (χ2n) is 5.96. The van der Waals surface area contributed by atoms with Gasteiger partial charge in [0.05, 0.1) is 0 Å². The second kappa shape index (κ2) is 6.51. The number of likely N-dealkylation sites (tertiary alicyclic amines) is 1. The van der Waals surface area contributed by atoms with Crippen LogP contribution in [-0.4, -0.2) is 49.6 Å². The predicted octanol–water partition coefficient (Wildman–Crippen LogP) is 2.02. The number of hydrogen-bond acceptors (Lipinski definition) is 3. The first kappa shape index (κ1) is 14.5. The number of nitrogens with zero attached hydrogens (tertiary/aromatic N) is 2. The Morgan fingerprint density at radius 1 is 1.42 bits per heavy atom. The molecule has 3 heteroatoms. The molecule has 0 aromatic heterocycles. The molecule has 2 unspecified atom stereocenters. The first-order valence-electron chi connectivity index (χ1n) is 7.28. The Labute approximate surface area is 117 Å². The summed E-state index contributed by atoms with van der Waals surface area (Å²) in [5.74, 6) is 0. The van der Waals surface area contributed by atoms with Crippen LogP contribution in [-0.2, 0) is 0 Å². The normalized spacial score (nSPS) is 22.1. The van der Waals surface area contributed by atoms with Crippen LogP contribution in [0.5, 0.6) is 0 Å². The van der Waals surface area contributed by atoms with Crippen LogP contribution in [0, 0.1) is 6.92 Å². The molecule has 2 N–H and O–H groups in total. The fourth-order valence-electron chi connectivity index (χ4n) is 3.08. The average molecular weight is 261 g/mol. The van der Waals surface area contributed by atoms with Crippen molar-refractivity contribution in [3.63, 3.8) is 0 Å². The van der Waals surface area contributed by atoms with Crippen molar-refractivity contribution in [2.24, 2.45) is 5.73 Å². The van der Waals surface area contributed by atoms with Gasteiger partial charge in [-0.2, -0.15) is 0 Å². The Kier molecular flexibility index (Phi) is 4.97. The Balaban J connectivity index is 1.88. The van der Waals surface area contributed by atoms with Crippen molar-refractivity contribution < 1.29 is 0 Å². The summed E-state index contributed by atoms with van der Waals surface area (Å²) in [6.45, 7) is 5.42. The molecule has 2 rings (SSSR count). The molecule has 1 aromatic carbocycles. The molecule has 1 fully saturated rings. The third-order valence-corrected chi connectivity index (χ3v) is 4.29. The summed E-state index contributed by atoms with van der Waals surface area (Å²) in [6, 6.07) is 9.25. The Morgan fingerprint density at radius 2 is 2.16 bits per heavy atom. The zero-order chi connectivity index (χ0) is 13.8. The lowest BCUT2D eigenvalue weighted by Crippen LogP contribution is -2.39. The highest BCUT2D eigenvalue weighted by molar-refractivity contribution is 5.28. The van der Waals surface area contributed by atoms with Crippen molar-refractivity contribution in [1.82, 2.24) is 9.80 Å². The minimum atomic E-state index is 0.109. The molecule has 1 heterocycles. The van der Waals surface area contributed by atoms with E-state index in [9.17, 15) is 0 Å². The Hall–Kier alpha value is -0.900. The fourth-order valence-corrected chi connectivity index (χ4v) is 3.08. The van der Waals surface area contributed by atoms with Crippen molar-refractivity contribution in [2.75, 3.05) is 33.7 Å². The average Bonchev–Trinajstić information content (AvgIpc) is 2.75. The van der Waals surface area contributed by atoms with Gasteiger partial charge in [0, 0.05) is 25.2 Å². The molecular weight excluding hydrogens is 234 g/mol. The van der Waals surface area contributed by atoms with E-state index in [0.29, 0.717) is 6.04 Å². The van der Waals surface area contributed by atoms with E-state index in [4.69, 9.17) is 5.73 Å². The molecule has 0 bridgehead atoms. The van der Waals surface area contributed by atoms with E-state index in [-0.39, 0.29) is 6.04 Å². The standard InChI is InChI=1S/C16H27N3/c1-13-7-4-5-9-15(13)16(17)12-18(2)11-14-8-6-10-19(14)3/h4-5,7,9,14,16H,6,8,10-12,17H2,1-3H3. The zero-order valence-corrected chi connectivity index (χ0v) is 12.5. The molecule has 1 aromatic rings. The van der Waals surface area contributed by atoms with Crippen LogP contribution in [0.1, 0.15) is 30.0 Å². The van der Waals surface area contributed by atoms with Gasteiger partial charge in [-0.1, -0.05) is 24.3 Å². The maximum Gasteiger partial charge on any atom is 0.0426 e. The molecule has 1 saturated heterocycles. The number of rotatable bonds is 5. The van der Waals surface area contributed by atoms with Crippen LogP contribution in [0.3, 0.4) is 0 Å². The maximum atomic E-state index is 6.35. The van der Waals surface area contributed by atoms with Crippen molar-refractivity contribution >= 4 is 0 Å². The largest absolute Gasteiger partial charge is 0.323 e. The van der Waals surface area contributed by atoms with Gasteiger partial charge in [0.25, 0.3) is 0 Å². The number of hydrogen-bond donors (Lipinski definition) is 1. The summed E-state index contributed by atoms with van der Waals surface area (Å²) in [6.07, 6.45) is 2.65. The highest BCUT2D eigenvalue weighted by Gasteiger charge is 2.22. The van der Waals surface area contributed by atoms with Gasteiger partial charge >= 0.3 is 0 Å². The first-order valence-corrected chi connectivity index (χ1v) is 7.28. The van der Waals surface area contributed by atoms with E-state index >= 15 is 0 Å². The summed E-state index contributed by atoms with van der Waals surface area (Å²) in [5, 5.41) is 0. The summed E-state index contributed by atoms with van der Waals surface area (Å²) in [7, 11) is 4.41. The van der Waals surface area contributed by atoms with E-state index in [1.54, 1.807) is 0 Å². The Bertz CT molecular complexity index is 405. The zero-order valence-electron chi connectivity index (χ0n) is 12.5. The van der Waals surface area contributed by atoms with Crippen LogP contribution in [0.2, 0.25) is 0 Å². The molecule has 0 spiro atoms. The number of benzene rings is 1. The van der Waals surface area contributed by atoms with E-state index < -0.39 is 0 Å². The molecule has 0 saturated carbocycles. The lowest BCUT2D eigenvalue weighted by atomic mass is 10.0. The summed E-state index contributed by atoms with van der Waals surface area (Å²) >= 11 is 0. The van der Waals surface area contributed by atoms with E-state index in [2.05, 4.69) is 55.1 Å². The summed E-state index contributed by atoms with van der Waals surface area (Å²) in [4.78, 5) is 4.85. The molecular formula is C16H27N3. The molecule has 2 atom stereocenters. The molecule has 0 aliphatic carbocycles. The van der Waals surface area contributed by atoms with E-state index in [0.717, 1.165) is 13.1 Å². The van der Waals surface area contributed by atoms with Crippen molar-refractivity contribution in [1.29, 1.82) is 0 Å². The third-order valence-electron chi connectivity index (χ3n) is 4.29. The quantitative estimate of drug-likeness (QED) is 0.880. The van der Waals surface area contributed by atoms with Crippen molar-refractivity contribution in [3.05, 3.63) is 35.4 Å². The van der Waals surface area contributed by atoms with Gasteiger partial charge in [-0.3, -0.25) is 0 Å². The topological polar surface area (TPSA) is 32.5 Å². The van der Waals surface area contributed by atoms with Gasteiger partial charge in [-0.25, -0.2) is 0 Å². The summed E-state index contributed by atoms with van der Waals surface area (Å²) < 4.78 is 0. The molecule has 106 valence electrons. The van der Waals surface area contributed by atoms with Crippen LogP contribution in [0.15, 0.2) is 24.3 Å². The molecule has 0 radical (unpaired) electrons. The van der Waals surface area contributed by atoms with Gasteiger partial charge < -0.3 is 15.5 Å². The monoisotopic (exact) mass is 261 g/mol. The third kappa shape index (κ3) is 3.78. The maximum absolute atomic E-state index is 6.35. The number of likely N-dealkylation sites (N-methyl/N-ethyl adjacent to an activating group) is 2. The molecule has 1 aliphatic heterocycles. The molecule has 1 aliphatic rings. The molecule has 19 heavy (non-hydrogen) atoms. The predicted molar refractivity (Wildman–Crippen MR) is 81.3 cm³/mol. The SMILES string of the molecule is Cc1ccccc1C(N)CN(C)CC1CCCN1C. The van der Waals surface area contributed by atoms with Gasteiger partial charge in [0.2, 0.25) is 0 Å². The van der Waals surface area contributed by atoms with E-state index in [1.165, 1.54) is 30.5 Å². The second-order valence-corrected chi connectivity index (χ2v) is 5.96. The number of nitrogens with two attached hydrogens (primary N) is 1. The molecule has 3 nitrogen and oxygen atoms in total. The molecule has 0 amide bonds. The minimum Gasteiger partial charge on any atom is -0.323 e. The van der Waals surface area contributed by atoms with Gasteiger partial charge in [-0.05, 0) is 51.5 Å². The first-order chi connectivity index (χ1) is 9.08. The number of aryl methyl sites for hydroxylation is 1. The van der Waals surface area contributed by atoms with Gasteiger partial charge in [0.15, 0.2) is 0 Å².